The van der Waals surface area contributed by atoms with Crippen LogP contribution in [0, 0.1) is 11.3 Å². The molecule has 0 bridgehead atoms. The molecule has 0 unspecified atom stereocenters. The number of amides is 1. The van der Waals surface area contributed by atoms with Crippen molar-refractivity contribution in [3.05, 3.63) is 41.7 Å². The van der Waals surface area contributed by atoms with Gasteiger partial charge in [0.2, 0.25) is 0 Å². The monoisotopic (exact) mass is 328 g/mol. The highest BCUT2D eigenvalue weighted by atomic mass is 16.6. The highest BCUT2D eigenvalue weighted by Gasteiger charge is 2.15. The molecule has 0 fully saturated rings. The topological polar surface area (TPSA) is 100 Å². The summed E-state index contributed by atoms with van der Waals surface area (Å²) in [6.07, 6.45) is 3.54. The second-order valence-electron chi connectivity index (χ2n) is 6.29. The number of carbonyl (C=O) groups excluding carboxylic acids is 1. The molecule has 0 radical (unpaired) electrons. The van der Waals surface area contributed by atoms with Gasteiger partial charge in [-0.25, -0.2) is 9.48 Å². The molecule has 0 spiro atoms. The normalized spacial score (nSPS) is 10.9. The summed E-state index contributed by atoms with van der Waals surface area (Å²) in [4.78, 5) is 11.6. The van der Waals surface area contributed by atoms with E-state index in [1.165, 1.54) is 10.7 Å². The molecule has 2 rings (SSSR count). The first-order valence-electron chi connectivity index (χ1n) is 7.52. The second-order valence-corrected chi connectivity index (χ2v) is 6.29. The van der Waals surface area contributed by atoms with E-state index < -0.39 is 11.7 Å². The van der Waals surface area contributed by atoms with Crippen LogP contribution < -0.4 is 5.32 Å². The van der Waals surface area contributed by atoms with Crippen molar-refractivity contribution in [2.45, 2.75) is 32.8 Å². The van der Waals surface area contributed by atoms with E-state index in [9.17, 15) is 9.90 Å². The second kappa shape index (κ2) is 7.04. The van der Waals surface area contributed by atoms with Gasteiger partial charge in [-0.1, -0.05) is 0 Å². The Labute approximate surface area is 140 Å². The lowest BCUT2D eigenvalue weighted by atomic mass is 10.2. The van der Waals surface area contributed by atoms with Gasteiger partial charge < -0.3 is 15.2 Å². The Hall–Kier alpha value is -3.01. The maximum absolute atomic E-state index is 11.6. The highest BCUT2D eigenvalue weighted by Crippen LogP contribution is 2.22. The third-order valence-electron chi connectivity index (χ3n) is 3.07. The number of aromatic hydroxyl groups is 1. The molecule has 0 saturated carbocycles. The van der Waals surface area contributed by atoms with Crippen molar-refractivity contribution >= 4 is 6.09 Å². The van der Waals surface area contributed by atoms with Crippen LogP contribution in [-0.2, 0) is 11.2 Å². The van der Waals surface area contributed by atoms with E-state index in [1.807, 2.05) is 6.07 Å². The number of rotatable bonds is 4. The third kappa shape index (κ3) is 4.74. The molecule has 7 heteroatoms. The van der Waals surface area contributed by atoms with Crippen LogP contribution in [0.2, 0.25) is 0 Å². The van der Waals surface area contributed by atoms with E-state index in [4.69, 9.17) is 10.00 Å². The molecule has 126 valence electrons. The van der Waals surface area contributed by atoms with Gasteiger partial charge in [-0.15, -0.1) is 0 Å². The average Bonchev–Trinajstić information content (AvgIpc) is 2.93. The van der Waals surface area contributed by atoms with Crippen molar-refractivity contribution in [3.8, 4) is 17.5 Å². The van der Waals surface area contributed by atoms with E-state index in [0.717, 1.165) is 5.56 Å². The summed E-state index contributed by atoms with van der Waals surface area (Å²) in [5.74, 6) is -0.0180. The standard InChI is InChI=1S/C17H20N4O3/c1-17(2,3)24-16(23)19-7-6-13-10-20-21(11-13)14-5-4-12(9-18)8-15(14)22/h4-5,8,10-11,22H,6-7H2,1-3H3,(H,19,23). The summed E-state index contributed by atoms with van der Waals surface area (Å²) in [5, 5.41) is 25.6. The maximum Gasteiger partial charge on any atom is 0.407 e. The predicted molar refractivity (Wildman–Crippen MR) is 87.9 cm³/mol. The SMILES string of the molecule is CC(C)(C)OC(=O)NCCc1cnn(-c2ccc(C#N)cc2O)c1. The summed E-state index contributed by atoms with van der Waals surface area (Å²) in [5.41, 5.74) is 1.24. The van der Waals surface area contributed by atoms with Crippen molar-refractivity contribution in [3.63, 3.8) is 0 Å². The summed E-state index contributed by atoms with van der Waals surface area (Å²) in [6.45, 7) is 5.84. The summed E-state index contributed by atoms with van der Waals surface area (Å²) < 4.78 is 6.68. The molecule has 1 amide bonds. The summed E-state index contributed by atoms with van der Waals surface area (Å²) >= 11 is 0. The molecule has 2 aromatic rings. The van der Waals surface area contributed by atoms with Gasteiger partial charge in [-0.05, 0) is 51.0 Å². The van der Waals surface area contributed by atoms with Crippen LogP contribution in [0.5, 0.6) is 5.75 Å². The fourth-order valence-corrected chi connectivity index (χ4v) is 2.03. The average molecular weight is 328 g/mol. The molecule has 2 N–H and O–H groups in total. The van der Waals surface area contributed by atoms with Gasteiger partial charge in [-0.3, -0.25) is 0 Å². The van der Waals surface area contributed by atoms with E-state index in [1.54, 1.807) is 45.3 Å². The Kier molecular flexibility index (Phi) is 5.09. The predicted octanol–water partition coefficient (Wildman–Crippen LogP) is 2.52. The molecule has 0 atom stereocenters. The molecule has 0 aliphatic rings. The molecule has 1 aromatic carbocycles. The molecule has 0 aliphatic carbocycles. The first-order chi connectivity index (χ1) is 11.3. The van der Waals surface area contributed by atoms with Gasteiger partial charge in [0.25, 0.3) is 0 Å². The van der Waals surface area contributed by atoms with Crippen molar-refractivity contribution in [1.29, 1.82) is 5.26 Å². The van der Waals surface area contributed by atoms with Gasteiger partial charge >= 0.3 is 6.09 Å². The maximum atomic E-state index is 11.6. The molecular formula is C17H20N4O3. The molecular weight excluding hydrogens is 308 g/mol. The number of ether oxygens (including phenoxy) is 1. The van der Waals surface area contributed by atoms with Crippen LogP contribution in [0.3, 0.4) is 0 Å². The highest BCUT2D eigenvalue weighted by molar-refractivity contribution is 5.67. The van der Waals surface area contributed by atoms with Crippen molar-refractivity contribution in [2.24, 2.45) is 0 Å². The third-order valence-corrected chi connectivity index (χ3v) is 3.07. The van der Waals surface area contributed by atoms with Gasteiger partial charge in [0.15, 0.2) is 0 Å². The Balaban J connectivity index is 1.94. The molecule has 0 saturated heterocycles. The van der Waals surface area contributed by atoms with Gasteiger partial charge in [0.1, 0.15) is 17.0 Å². The summed E-state index contributed by atoms with van der Waals surface area (Å²) in [7, 11) is 0. The number of hydrogen-bond acceptors (Lipinski definition) is 5. The van der Waals surface area contributed by atoms with Gasteiger partial charge in [-0.2, -0.15) is 10.4 Å². The van der Waals surface area contributed by atoms with Gasteiger partial charge in [0.05, 0.1) is 17.8 Å². The minimum atomic E-state index is -0.526. The lowest BCUT2D eigenvalue weighted by molar-refractivity contribution is 0.0528. The van der Waals surface area contributed by atoms with Crippen LogP contribution in [0.1, 0.15) is 31.9 Å². The minimum Gasteiger partial charge on any atom is -0.506 e. The number of aromatic nitrogens is 2. The Morgan fingerprint density at radius 1 is 1.46 bits per heavy atom. The lowest BCUT2D eigenvalue weighted by Crippen LogP contribution is -2.33. The summed E-state index contributed by atoms with van der Waals surface area (Å²) in [6, 6.07) is 6.59. The number of nitriles is 1. The Bertz CT molecular complexity index is 769. The molecule has 1 aromatic heterocycles. The fourth-order valence-electron chi connectivity index (χ4n) is 2.03. The smallest absolute Gasteiger partial charge is 0.407 e. The number of carbonyl (C=O) groups is 1. The first kappa shape index (κ1) is 17.3. The molecule has 24 heavy (non-hydrogen) atoms. The number of nitrogens with one attached hydrogen (secondary N) is 1. The van der Waals surface area contributed by atoms with Gasteiger partial charge in [0, 0.05) is 12.7 Å². The van der Waals surface area contributed by atoms with Crippen LogP contribution in [0.4, 0.5) is 4.79 Å². The van der Waals surface area contributed by atoms with Crippen LogP contribution in [0.25, 0.3) is 5.69 Å². The van der Waals surface area contributed by atoms with Crippen LogP contribution in [-0.4, -0.2) is 33.1 Å². The Morgan fingerprint density at radius 3 is 2.83 bits per heavy atom. The van der Waals surface area contributed by atoms with E-state index in [0.29, 0.717) is 24.2 Å². The molecule has 0 aliphatic heterocycles. The number of phenolic OH excluding ortho intramolecular Hbond substituents is 1. The Morgan fingerprint density at radius 2 is 2.21 bits per heavy atom. The first-order valence-corrected chi connectivity index (χ1v) is 7.52. The molecule has 1 heterocycles. The quantitative estimate of drug-likeness (QED) is 0.898. The molecule has 7 nitrogen and oxygen atoms in total. The zero-order valence-corrected chi connectivity index (χ0v) is 13.9. The van der Waals surface area contributed by atoms with E-state index in [-0.39, 0.29) is 5.75 Å². The van der Waals surface area contributed by atoms with Crippen LogP contribution in [0.15, 0.2) is 30.6 Å². The number of alkyl carbamates (subject to hydrolysis) is 1. The number of benzene rings is 1. The largest absolute Gasteiger partial charge is 0.506 e. The number of hydrogen-bond donors (Lipinski definition) is 2. The fraction of sp³-hybridized carbons (Fsp3) is 0.353. The van der Waals surface area contributed by atoms with E-state index >= 15 is 0 Å². The van der Waals surface area contributed by atoms with Crippen LogP contribution >= 0.6 is 0 Å². The van der Waals surface area contributed by atoms with E-state index in [2.05, 4.69) is 10.4 Å². The zero-order chi connectivity index (χ0) is 17.7. The zero-order valence-electron chi connectivity index (χ0n) is 13.9. The van der Waals surface area contributed by atoms with Crippen molar-refractivity contribution < 1.29 is 14.6 Å². The lowest BCUT2D eigenvalue weighted by Gasteiger charge is -2.19. The van der Waals surface area contributed by atoms with Crippen molar-refractivity contribution in [1.82, 2.24) is 15.1 Å². The van der Waals surface area contributed by atoms with Crippen molar-refractivity contribution in [2.75, 3.05) is 6.54 Å². The minimum absolute atomic E-state index is 0.0180. The number of nitrogens with zero attached hydrogens (tertiary/aromatic N) is 3. The number of phenols is 1.